The predicted octanol–water partition coefficient (Wildman–Crippen LogP) is -0.0342. The molecule has 0 aliphatic rings. The molecule has 2 aromatic carbocycles. The van der Waals surface area contributed by atoms with Crippen LogP contribution in [-0.4, -0.2) is 12.1 Å². The van der Waals surface area contributed by atoms with Crippen molar-refractivity contribution in [3.63, 3.8) is 0 Å². The number of halogens is 4. The van der Waals surface area contributed by atoms with Crippen molar-refractivity contribution >= 4 is 12.4 Å². The van der Waals surface area contributed by atoms with Gasteiger partial charge in [0, 0.05) is 0 Å². The average Bonchev–Trinajstić information content (AvgIpc) is 2.37. The molecule has 0 radical (unpaired) electrons. The minimum absolute atomic E-state index is 0. The van der Waals surface area contributed by atoms with Crippen LogP contribution in [0.4, 0.5) is 17.3 Å². The van der Waals surface area contributed by atoms with Crippen LogP contribution in [0, 0.1) is 5.82 Å². The fourth-order valence-corrected chi connectivity index (χ4v) is 1.77. The molecule has 7 heteroatoms. The smallest absolute Gasteiger partial charge is 0.445 e. The second-order valence-corrected chi connectivity index (χ2v) is 4.20. The van der Waals surface area contributed by atoms with Crippen LogP contribution in [-0.2, 0) is 0 Å². The predicted molar refractivity (Wildman–Crippen MR) is 65.6 cm³/mol. The first-order valence-electron chi connectivity index (χ1n) is 5.61. The molecule has 0 saturated carbocycles. The first-order valence-corrected chi connectivity index (χ1v) is 5.61. The molecule has 0 aliphatic carbocycles. The number of benzene rings is 2. The molecule has 0 aromatic heterocycles. The van der Waals surface area contributed by atoms with Crippen LogP contribution in [0.15, 0.2) is 48.5 Å². The fraction of sp³-hybridized carbons (Fsp3) is 0.0769. The van der Waals surface area contributed by atoms with E-state index in [9.17, 15) is 22.4 Å². The molecule has 0 fully saturated rings. The van der Waals surface area contributed by atoms with Crippen molar-refractivity contribution in [2.75, 3.05) is 0 Å². The molecule has 1 N–H and O–H groups in total. The zero-order valence-corrected chi connectivity index (χ0v) is 13.9. The van der Waals surface area contributed by atoms with Gasteiger partial charge in [0.15, 0.2) is 0 Å². The number of hydrogen-bond donors (Lipinski definition) is 1. The van der Waals surface area contributed by atoms with Gasteiger partial charge in [-0.3, -0.25) is 0 Å². The molecule has 0 amide bonds. The van der Waals surface area contributed by atoms with E-state index < -0.39 is 24.4 Å². The van der Waals surface area contributed by atoms with E-state index in [0.29, 0.717) is 5.56 Å². The number of aliphatic hydroxyl groups is 1. The van der Waals surface area contributed by atoms with Gasteiger partial charge in [-0.25, -0.2) is 4.39 Å². The van der Waals surface area contributed by atoms with E-state index in [4.69, 9.17) is 0 Å². The third-order valence-electron chi connectivity index (χ3n) is 2.79. The van der Waals surface area contributed by atoms with Crippen LogP contribution >= 0.6 is 0 Å². The van der Waals surface area contributed by atoms with Gasteiger partial charge in [-0.1, -0.05) is 36.4 Å². The maximum Gasteiger partial charge on any atom is 1.00 e. The van der Waals surface area contributed by atoms with E-state index in [0.717, 1.165) is 18.2 Å². The molecule has 0 aliphatic heterocycles. The van der Waals surface area contributed by atoms with Crippen LogP contribution in [0.25, 0.3) is 0 Å². The number of rotatable bonds is 3. The number of aliphatic hydroxyl groups excluding tert-OH is 1. The van der Waals surface area contributed by atoms with Gasteiger partial charge < -0.3 is 18.1 Å². The second kappa shape index (κ2) is 7.20. The molecule has 0 bridgehead atoms. The Morgan fingerprint density at radius 1 is 0.900 bits per heavy atom. The van der Waals surface area contributed by atoms with Crippen molar-refractivity contribution < 1.29 is 73.8 Å². The normalized spacial score (nSPS) is 12.7. The van der Waals surface area contributed by atoms with E-state index in [1.165, 1.54) is 30.3 Å². The molecule has 20 heavy (non-hydrogen) atoms. The summed E-state index contributed by atoms with van der Waals surface area (Å²) in [5, 5.41) is 9.97. The summed E-state index contributed by atoms with van der Waals surface area (Å²) in [5.41, 5.74) is -0.144. The topological polar surface area (TPSA) is 20.2 Å². The summed E-state index contributed by atoms with van der Waals surface area (Å²) in [6.07, 6.45) is -1.15. The van der Waals surface area contributed by atoms with Gasteiger partial charge in [0.1, 0.15) is 11.9 Å². The van der Waals surface area contributed by atoms with E-state index in [-0.39, 0.29) is 56.9 Å². The van der Waals surface area contributed by atoms with Crippen molar-refractivity contribution in [3.8, 4) is 0 Å². The summed E-state index contributed by atoms with van der Waals surface area (Å²) in [6.45, 7) is -5.05. The second-order valence-electron chi connectivity index (χ2n) is 4.20. The maximum atomic E-state index is 13.0. The Hall–Kier alpha value is -0.179. The number of hydrogen-bond acceptors (Lipinski definition) is 1. The molecule has 0 heterocycles. The first kappa shape index (κ1) is 17.9. The van der Waals surface area contributed by atoms with E-state index >= 15 is 0 Å². The van der Waals surface area contributed by atoms with Gasteiger partial charge in [0.25, 0.3) is 0 Å². The van der Waals surface area contributed by atoms with Gasteiger partial charge in [-0.05, 0) is 23.3 Å². The van der Waals surface area contributed by atoms with Gasteiger partial charge >= 0.3 is 58.4 Å². The van der Waals surface area contributed by atoms with Crippen molar-refractivity contribution in [3.05, 3.63) is 65.5 Å². The quantitative estimate of drug-likeness (QED) is 0.623. The zero-order valence-electron chi connectivity index (χ0n) is 10.7. The van der Waals surface area contributed by atoms with Crippen molar-refractivity contribution in [2.45, 2.75) is 6.10 Å². The Bertz CT molecular complexity index is 571. The van der Waals surface area contributed by atoms with E-state index in [2.05, 4.69) is 0 Å². The van der Waals surface area contributed by atoms with Crippen LogP contribution in [0.5, 0.6) is 0 Å². The zero-order chi connectivity index (χ0) is 14.0. The van der Waals surface area contributed by atoms with E-state index in [1.807, 2.05) is 0 Å². The summed E-state index contributed by atoms with van der Waals surface area (Å²) >= 11 is 0. The third kappa shape index (κ3) is 4.41. The average molecular weight is 308 g/mol. The Morgan fingerprint density at radius 2 is 1.50 bits per heavy atom. The third-order valence-corrected chi connectivity index (χ3v) is 2.79. The van der Waals surface area contributed by atoms with Crippen LogP contribution in [0.1, 0.15) is 17.2 Å². The van der Waals surface area contributed by atoms with Crippen LogP contribution in [0.2, 0.25) is 0 Å². The summed E-state index contributed by atoms with van der Waals surface area (Å²) < 4.78 is 50.3. The molecule has 0 saturated heterocycles. The first-order chi connectivity index (χ1) is 8.88. The Morgan fingerprint density at radius 3 is 2.00 bits per heavy atom. The Labute approximate surface area is 156 Å². The van der Waals surface area contributed by atoms with Gasteiger partial charge in [-0.2, -0.15) is 0 Å². The summed E-state index contributed by atoms with van der Waals surface area (Å²) in [5.74, 6) is -0.508. The maximum absolute atomic E-state index is 13.0. The summed E-state index contributed by atoms with van der Waals surface area (Å²) in [4.78, 5) is 0. The summed E-state index contributed by atoms with van der Waals surface area (Å²) in [6, 6.07) is 9.53. The summed E-state index contributed by atoms with van der Waals surface area (Å²) in [7, 11) is 0. The molecule has 1 nitrogen and oxygen atoms in total. The molecule has 1 unspecified atom stereocenters. The van der Waals surface area contributed by atoms with Gasteiger partial charge in [0.2, 0.25) is 0 Å². The van der Waals surface area contributed by atoms with E-state index in [1.54, 1.807) is 0 Å². The minimum atomic E-state index is -5.05. The molecular weight excluding hydrogens is 298 g/mol. The standard InChI is InChI=1S/C13H10BF4O.K/c15-12-3-1-2-10(8-12)13(19)9-4-6-11(7-5-9)14(16,17)18;/h1-8,13,19H;/q-1;+1. The van der Waals surface area contributed by atoms with Gasteiger partial charge in [0.05, 0.1) is 0 Å². The van der Waals surface area contributed by atoms with Crippen LogP contribution < -0.4 is 56.8 Å². The molecule has 2 rings (SSSR count). The minimum Gasteiger partial charge on any atom is -0.445 e. The SMILES string of the molecule is OC(c1ccc([B-](F)(F)F)cc1)c1cccc(F)c1.[K+]. The molecule has 1 atom stereocenters. The molecule has 2 aromatic rings. The molecule has 0 spiro atoms. The van der Waals surface area contributed by atoms with Crippen molar-refractivity contribution in [1.82, 2.24) is 0 Å². The van der Waals surface area contributed by atoms with Crippen molar-refractivity contribution in [2.24, 2.45) is 0 Å². The van der Waals surface area contributed by atoms with Crippen LogP contribution in [0.3, 0.4) is 0 Å². The largest absolute Gasteiger partial charge is 1.00 e. The van der Waals surface area contributed by atoms with Crippen molar-refractivity contribution in [1.29, 1.82) is 0 Å². The molecular formula is C13H10BF4KO. The van der Waals surface area contributed by atoms with Gasteiger partial charge in [-0.15, -0.1) is 5.46 Å². The molecule has 100 valence electrons. The fourth-order valence-electron chi connectivity index (χ4n) is 1.77. The Balaban J connectivity index is 0.00000200. The monoisotopic (exact) mass is 308 g/mol. The Kier molecular flexibility index (Phi) is 6.43.